The van der Waals surface area contributed by atoms with Gasteiger partial charge < -0.3 is 4.74 Å². The lowest BCUT2D eigenvalue weighted by Gasteiger charge is -2.19. The van der Waals surface area contributed by atoms with Crippen LogP contribution in [0.25, 0.3) is 0 Å². The van der Waals surface area contributed by atoms with Crippen LogP contribution >= 0.6 is 0 Å². The highest BCUT2D eigenvalue weighted by molar-refractivity contribution is 5.28. The van der Waals surface area contributed by atoms with Crippen molar-refractivity contribution in [2.24, 2.45) is 0 Å². The Labute approximate surface area is 62.4 Å². The Bertz CT molecular complexity index is 129. The molecule has 0 aromatic heterocycles. The SMILES string of the molecule is CC[C]1C=CC=CC1OC. The molecule has 0 aliphatic heterocycles. The Balaban J connectivity index is 2.55. The molecule has 1 rings (SSSR count). The standard InChI is InChI=1S/C9H13O/c1-3-8-6-4-5-7-9(8)10-2/h4-7,9H,3H2,1-2H3. The molecule has 0 N–H and O–H groups in total. The molecule has 1 nitrogen and oxygen atoms in total. The van der Waals surface area contributed by atoms with Gasteiger partial charge in [0.15, 0.2) is 0 Å². The quantitative estimate of drug-likeness (QED) is 0.566. The van der Waals surface area contributed by atoms with Crippen LogP contribution in [0.2, 0.25) is 0 Å². The van der Waals surface area contributed by atoms with E-state index in [-0.39, 0.29) is 6.10 Å². The van der Waals surface area contributed by atoms with Crippen LogP contribution in [0.3, 0.4) is 0 Å². The van der Waals surface area contributed by atoms with Gasteiger partial charge in [-0.1, -0.05) is 31.2 Å². The summed E-state index contributed by atoms with van der Waals surface area (Å²) in [6.07, 6.45) is 9.54. The van der Waals surface area contributed by atoms with Crippen molar-refractivity contribution in [2.75, 3.05) is 7.11 Å². The van der Waals surface area contributed by atoms with Crippen molar-refractivity contribution in [1.82, 2.24) is 0 Å². The molecule has 10 heavy (non-hydrogen) atoms. The van der Waals surface area contributed by atoms with E-state index in [1.807, 2.05) is 12.2 Å². The van der Waals surface area contributed by atoms with Crippen molar-refractivity contribution in [3.05, 3.63) is 30.2 Å². The van der Waals surface area contributed by atoms with Gasteiger partial charge in [-0.15, -0.1) is 0 Å². The molecule has 1 radical (unpaired) electrons. The van der Waals surface area contributed by atoms with E-state index in [2.05, 4.69) is 19.1 Å². The highest BCUT2D eigenvalue weighted by Crippen LogP contribution is 2.20. The van der Waals surface area contributed by atoms with Crippen molar-refractivity contribution < 1.29 is 4.74 Å². The minimum atomic E-state index is 0.218. The molecule has 0 aromatic carbocycles. The second kappa shape index (κ2) is 3.57. The smallest absolute Gasteiger partial charge is 0.0855 e. The molecular formula is C9H13O. The van der Waals surface area contributed by atoms with Crippen LogP contribution in [0.4, 0.5) is 0 Å². The summed E-state index contributed by atoms with van der Waals surface area (Å²) in [5, 5.41) is 0. The largest absolute Gasteiger partial charge is 0.376 e. The van der Waals surface area contributed by atoms with Gasteiger partial charge >= 0.3 is 0 Å². The molecule has 1 aliphatic carbocycles. The molecule has 0 bridgehead atoms. The van der Waals surface area contributed by atoms with E-state index in [1.165, 1.54) is 5.92 Å². The van der Waals surface area contributed by atoms with Crippen LogP contribution < -0.4 is 0 Å². The number of ether oxygens (including phenoxy) is 1. The van der Waals surface area contributed by atoms with Gasteiger partial charge in [-0.2, -0.15) is 0 Å². The van der Waals surface area contributed by atoms with Crippen LogP contribution in [-0.2, 0) is 4.74 Å². The molecule has 1 heteroatoms. The van der Waals surface area contributed by atoms with Gasteiger partial charge in [-0.25, -0.2) is 0 Å². The summed E-state index contributed by atoms with van der Waals surface area (Å²) in [5.74, 6) is 1.35. The number of rotatable bonds is 2. The maximum absolute atomic E-state index is 5.22. The van der Waals surface area contributed by atoms with Gasteiger partial charge in [0.1, 0.15) is 0 Å². The van der Waals surface area contributed by atoms with Crippen molar-refractivity contribution in [3.63, 3.8) is 0 Å². The maximum atomic E-state index is 5.22. The fourth-order valence-electron chi connectivity index (χ4n) is 1.11. The number of methoxy groups -OCH3 is 1. The van der Waals surface area contributed by atoms with Gasteiger partial charge in [0.05, 0.1) is 6.10 Å². The Hall–Kier alpha value is -0.560. The molecule has 0 amide bonds. The number of allylic oxidation sites excluding steroid dienone is 2. The Morgan fingerprint density at radius 1 is 1.50 bits per heavy atom. The van der Waals surface area contributed by atoms with Crippen LogP contribution in [0.15, 0.2) is 24.3 Å². The third kappa shape index (κ3) is 1.48. The molecule has 0 fully saturated rings. The molecule has 1 aliphatic rings. The van der Waals surface area contributed by atoms with E-state index in [9.17, 15) is 0 Å². The summed E-state index contributed by atoms with van der Waals surface area (Å²) >= 11 is 0. The van der Waals surface area contributed by atoms with Gasteiger partial charge in [0.2, 0.25) is 0 Å². The zero-order valence-corrected chi connectivity index (χ0v) is 6.50. The van der Waals surface area contributed by atoms with Gasteiger partial charge in [-0.05, 0) is 6.42 Å². The summed E-state index contributed by atoms with van der Waals surface area (Å²) in [6, 6.07) is 0. The lowest BCUT2D eigenvalue weighted by Crippen LogP contribution is -2.17. The van der Waals surface area contributed by atoms with Crippen LogP contribution in [-0.4, -0.2) is 13.2 Å². The van der Waals surface area contributed by atoms with Crippen molar-refractivity contribution in [2.45, 2.75) is 19.4 Å². The third-order valence-electron chi connectivity index (χ3n) is 1.73. The summed E-state index contributed by atoms with van der Waals surface area (Å²) < 4.78 is 5.22. The summed E-state index contributed by atoms with van der Waals surface area (Å²) in [4.78, 5) is 0. The maximum Gasteiger partial charge on any atom is 0.0855 e. The predicted molar refractivity (Wildman–Crippen MR) is 42.6 cm³/mol. The lowest BCUT2D eigenvalue weighted by molar-refractivity contribution is 0.152. The fraction of sp³-hybridized carbons (Fsp3) is 0.444. The Morgan fingerprint density at radius 3 is 2.80 bits per heavy atom. The third-order valence-corrected chi connectivity index (χ3v) is 1.73. The monoisotopic (exact) mass is 137 g/mol. The minimum Gasteiger partial charge on any atom is -0.376 e. The number of hydrogen-bond acceptors (Lipinski definition) is 1. The normalized spacial score (nSPS) is 25.6. The first kappa shape index (κ1) is 7.55. The topological polar surface area (TPSA) is 9.23 Å². The first-order chi connectivity index (χ1) is 4.88. The summed E-state index contributed by atoms with van der Waals surface area (Å²) in [7, 11) is 1.74. The highest BCUT2D eigenvalue weighted by Gasteiger charge is 2.15. The van der Waals surface area contributed by atoms with E-state index in [0.717, 1.165) is 6.42 Å². The van der Waals surface area contributed by atoms with E-state index in [4.69, 9.17) is 4.74 Å². The lowest BCUT2D eigenvalue weighted by atomic mass is 9.95. The molecule has 1 unspecified atom stereocenters. The van der Waals surface area contributed by atoms with Crippen LogP contribution in [0.5, 0.6) is 0 Å². The van der Waals surface area contributed by atoms with E-state index < -0.39 is 0 Å². The van der Waals surface area contributed by atoms with Gasteiger partial charge in [-0.3, -0.25) is 0 Å². The average Bonchev–Trinajstić information content (AvgIpc) is 2.04. The molecule has 0 saturated carbocycles. The van der Waals surface area contributed by atoms with E-state index in [1.54, 1.807) is 7.11 Å². The first-order valence-corrected chi connectivity index (χ1v) is 3.62. The van der Waals surface area contributed by atoms with Crippen LogP contribution in [0, 0.1) is 5.92 Å². The molecule has 0 heterocycles. The van der Waals surface area contributed by atoms with Crippen LogP contribution in [0.1, 0.15) is 13.3 Å². The van der Waals surface area contributed by atoms with Gasteiger partial charge in [0.25, 0.3) is 0 Å². The molecule has 0 spiro atoms. The molecular weight excluding hydrogens is 124 g/mol. The first-order valence-electron chi connectivity index (χ1n) is 3.62. The summed E-state index contributed by atoms with van der Waals surface area (Å²) in [5.41, 5.74) is 0. The molecule has 0 aromatic rings. The zero-order valence-electron chi connectivity index (χ0n) is 6.50. The van der Waals surface area contributed by atoms with E-state index >= 15 is 0 Å². The van der Waals surface area contributed by atoms with Crippen molar-refractivity contribution >= 4 is 0 Å². The second-order valence-corrected chi connectivity index (χ2v) is 2.33. The highest BCUT2D eigenvalue weighted by atomic mass is 16.5. The Morgan fingerprint density at radius 2 is 2.30 bits per heavy atom. The zero-order chi connectivity index (χ0) is 7.40. The molecule has 55 valence electrons. The van der Waals surface area contributed by atoms with Gasteiger partial charge in [0, 0.05) is 13.0 Å². The average molecular weight is 137 g/mol. The Kier molecular flexibility index (Phi) is 2.69. The fourth-order valence-corrected chi connectivity index (χ4v) is 1.11. The molecule has 0 saturated heterocycles. The van der Waals surface area contributed by atoms with E-state index in [0.29, 0.717) is 0 Å². The molecule has 1 atom stereocenters. The van der Waals surface area contributed by atoms with Crippen molar-refractivity contribution in [1.29, 1.82) is 0 Å². The number of hydrogen-bond donors (Lipinski definition) is 0. The minimum absolute atomic E-state index is 0.218. The summed E-state index contributed by atoms with van der Waals surface area (Å²) in [6.45, 7) is 2.14. The predicted octanol–water partition coefficient (Wildman–Crippen LogP) is 2.11. The van der Waals surface area contributed by atoms with Crippen molar-refractivity contribution in [3.8, 4) is 0 Å². The second-order valence-electron chi connectivity index (χ2n) is 2.33.